The minimum Gasteiger partial charge on any atom is -0.371 e. The highest BCUT2D eigenvalue weighted by atomic mass is 16.5. The van der Waals surface area contributed by atoms with Gasteiger partial charge in [0.25, 0.3) is 0 Å². The molecule has 1 aliphatic heterocycles. The van der Waals surface area contributed by atoms with Gasteiger partial charge in [-0.15, -0.1) is 0 Å². The fraction of sp³-hybridized carbons (Fsp3) is 0.833. The van der Waals surface area contributed by atoms with Crippen molar-refractivity contribution >= 4 is 5.78 Å². The Kier molecular flexibility index (Phi) is 2.19. The van der Waals surface area contributed by atoms with Crippen LogP contribution in [0.15, 0.2) is 0 Å². The monoisotopic (exact) mass is 130 g/mol. The van der Waals surface area contributed by atoms with E-state index in [1.807, 2.05) is 6.92 Å². The Morgan fingerprint density at radius 1 is 1.56 bits per heavy atom. The van der Waals surface area contributed by atoms with Gasteiger partial charge in [-0.05, 0) is 6.92 Å². The van der Waals surface area contributed by atoms with E-state index in [0.717, 1.165) is 0 Å². The molecule has 0 aromatic carbocycles. The zero-order chi connectivity index (χ0) is 6.69. The van der Waals surface area contributed by atoms with Crippen LogP contribution in [0.4, 0.5) is 0 Å². The molecule has 0 radical (unpaired) electrons. The van der Waals surface area contributed by atoms with Crippen molar-refractivity contribution in [3.8, 4) is 0 Å². The van der Waals surface area contributed by atoms with Gasteiger partial charge in [0.15, 0.2) is 5.78 Å². The van der Waals surface area contributed by atoms with E-state index in [9.17, 15) is 4.79 Å². The quantitative estimate of drug-likeness (QED) is 0.462. The third-order valence-corrected chi connectivity index (χ3v) is 1.14. The van der Waals surface area contributed by atoms with E-state index >= 15 is 0 Å². The first-order valence-electron chi connectivity index (χ1n) is 3.00. The van der Waals surface area contributed by atoms with Crippen LogP contribution in [0.2, 0.25) is 0 Å². The molecule has 0 bridgehead atoms. The molecular weight excluding hydrogens is 120 g/mol. The number of ether oxygens (including phenoxy) is 2. The predicted octanol–water partition coefficient (Wildman–Crippen LogP) is -0.00920. The lowest BCUT2D eigenvalue weighted by Crippen LogP contribution is -2.13. The Balaban J connectivity index is 2.34. The SMILES string of the molecule is C[C@H]1COCC(=O)CO1. The standard InChI is InChI=1S/C6H10O3/c1-5-2-8-3-6(7)4-9-5/h5H,2-4H2,1H3/t5-/m0/s1. The lowest BCUT2D eigenvalue weighted by molar-refractivity contribution is -0.124. The molecule has 1 fully saturated rings. The summed E-state index contributed by atoms with van der Waals surface area (Å²) in [6.45, 7) is 2.84. The van der Waals surface area contributed by atoms with Crippen LogP contribution in [0.3, 0.4) is 0 Å². The van der Waals surface area contributed by atoms with Gasteiger partial charge >= 0.3 is 0 Å². The van der Waals surface area contributed by atoms with Crippen molar-refractivity contribution in [3.05, 3.63) is 0 Å². The van der Waals surface area contributed by atoms with Gasteiger partial charge in [0.05, 0.1) is 12.7 Å². The van der Waals surface area contributed by atoms with Gasteiger partial charge in [0, 0.05) is 0 Å². The summed E-state index contributed by atoms with van der Waals surface area (Å²) in [5, 5.41) is 0. The molecule has 0 unspecified atom stereocenters. The van der Waals surface area contributed by atoms with Gasteiger partial charge in [-0.25, -0.2) is 0 Å². The summed E-state index contributed by atoms with van der Waals surface area (Å²) in [5.41, 5.74) is 0. The maximum absolute atomic E-state index is 10.6. The summed E-state index contributed by atoms with van der Waals surface area (Å²) in [5.74, 6) is 0.0272. The maximum atomic E-state index is 10.6. The summed E-state index contributed by atoms with van der Waals surface area (Å²) >= 11 is 0. The Bertz CT molecular complexity index is 111. The Morgan fingerprint density at radius 2 is 2.33 bits per heavy atom. The molecule has 9 heavy (non-hydrogen) atoms. The van der Waals surface area contributed by atoms with E-state index in [0.29, 0.717) is 6.61 Å². The predicted molar refractivity (Wildman–Crippen MR) is 31.2 cm³/mol. The number of Topliss-reactive ketones (excluding diaryl/α,β-unsaturated/α-hetero) is 1. The molecule has 0 N–H and O–H groups in total. The topological polar surface area (TPSA) is 35.5 Å². The molecule has 1 heterocycles. The molecule has 0 aliphatic carbocycles. The van der Waals surface area contributed by atoms with Gasteiger partial charge in [0.2, 0.25) is 0 Å². The molecule has 1 saturated heterocycles. The van der Waals surface area contributed by atoms with Gasteiger partial charge in [-0.3, -0.25) is 4.79 Å². The van der Waals surface area contributed by atoms with E-state index < -0.39 is 0 Å². The third-order valence-electron chi connectivity index (χ3n) is 1.14. The van der Waals surface area contributed by atoms with Crippen molar-refractivity contribution < 1.29 is 14.3 Å². The molecule has 0 amide bonds. The lowest BCUT2D eigenvalue weighted by atomic mass is 10.4. The highest BCUT2D eigenvalue weighted by Gasteiger charge is 2.12. The maximum Gasteiger partial charge on any atom is 0.184 e. The van der Waals surface area contributed by atoms with Crippen molar-refractivity contribution in [2.75, 3.05) is 19.8 Å². The number of carbonyl (C=O) groups excluding carboxylic acids is 1. The second kappa shape index (κ2) is 2.94. The highest BCUT2D eigenvalue weighted by Crippen LogP contribution is 1.96. The van der Waals surface area contributed by atoms with E-state index in [1.165, 1.54) is 0 Å². The summed E-state index contributed by atoms with van der Waals surface area (Å²) in [6.07, 6.45) is 0.0662. The summed E-state index contributed by atoms with van der Waals surface area (Å²) in [4.78, 5) is 10.6. The van der Waals surface area contributed by atoms with Gasteiger partial charge in [-0.1, -0.05) is 0 Å². The van der Waals surface area contributed by atoms with Crippen LogP contribution < -0.4 is 0 Å². The number of rotatable bonds is 0. The first-order valence-corrected chi connectivity index (χ1v) is 3.00. The van der Waals surface area contributed by atoms with Crippen LogP contribution in [-0.2, 0) is 14.3 Å². The van der Waals surface area contributed by atoms with Gasteiger partial charge < -0.3 is 9.47 Å². The number of hydrogen-bond donors (Lipinski definition) is 0. The van der Waals surface area contributed by atoms with Crippen molar-refractivity contribution in [3.63, 3.8) is 0 Å². The molecular formula is C6H10O3. The average molecular weight is 130 g/mol. The van der Waals surface area contributed by atoms with Crippen molar-refractivity contribution in [2.24, 2.45) is 0 Å². The van der Waals surface area contributed by atoms with E-state index in [1.54, 1.807) is 0 Å². The van der Waals surface area contributed by atoms with E-state index in [4.69, 9.17) is 9.47 Å². The minimum absolute atomic E-state index is 0.0272. The fourth-order valence-electron chi connectivity index (χ4n) is 0.664. The minimum atomic E-state index is 0.0272. The van der Waals surface area contributed by atoms with Crippen molar-refractivity contribution in [1.82, 2.24) is 0 Å². The Labute approximate surface area is 53.9 Å². The number of carbonyl (C=O) groups is 1. The molecule has 0 spiro atoms. The zero-order valence-corrected chi connectivity index (χ0v) is 5.42. The van der Waals surface area contributed by atoms with E-state index in [-0.39, 0.29) is 25.1 Å². The van der Waals surface area contributed by atoms with Crippen LogP contribution in [-0.4, -0.2) is 31.7 Å². The smallest absolute Gasteiger partial charge is 0.184 e. The fourth-order valence-corrected chi connectivity index (χ4v) is 0.664. The van der Waals surface area contributed by atoms with Crippen molar-refractivity contribution in [2.45, 2.75) is 13.0 Å². The van der Waals surface area contributed by atoms with Crippen molar-refractivity contribution in [1.29, 1.82) is 0 Å². The second-order valence-electron chi connectivity index (χ2n) is 2.18. The van der Waals surface area contributed by atoms with Crippen LogP contribution in [0.25, 0.3) is 0 Å². The largest absolute Gasteiger partial charge is 0.371 e. The normalized spacial score (nSPS) is 29.9. The Hall–Kier alpha value is -0.410. The lowest BCUT2D eigenvalue weighted by Gasteiger charge is -2.04. The third kappa shape index (κ3) is 2.11. The molecule has 1 atom stereocenters. The molecule has 0 aromatic rings. The van der Waals surface area contributed by atoms with Crippen LogP contribution in [0, 0.1) is 0 Å². The number of ketones is 1. The highest BCUT2D eigenvalue weighted by molar-refractivity contribution is 5.81. The zero-order valence-electron chi connectivity index (χ0n) is 5.42. The molecule has 3 nitrogen and oxygen atoms in total. The molecule has 0 saturated carbocycles. The molecule has 0 aromatic heterocycles. The molecule has 1 rings (SSSR count). The van der Waals surface area contributed by atoms with Gasteiger partial charge in [-0.2, -0.15) is 0 Å². The van der Waals surface area contributed by atoms with Crippen LogP contribution >= 0.6 is 0 Å². The molecule has 3 heteroatoms. The second-order valence-corrected chi connectivity index (χ2v) is 2.18. The average Bonchev–Trinajstić information content (AvgIpc) is 1.97. The first kappa shape index (κ1) is 6.71. The van der Waals surface area contributed by atoms with E-state index in [2.05, 4.69) is 0 Å². The van der Waals surface area contributed by atoms with Crippen LogP contribution in [0.1, 0.15) is 6.92 Å². The number of hydrogen-bond acceptors (Lipinski definition) is 3. The summed E-state index contributed by atoms with van der Waals surface area (Å²) < 4.78 is 9.98. The summed E-state index contributed by atoms with van der Waals surface area (Å²) in [6, 6.07) is 0. The first-order chi connectivity index (χ1) is 4.29. The molecule has 1 aliphatic rings. The summed E-state index contributed by atoms with van der Waals surface area (Å²) in [7, 11) is 0. The Morgan fingerprint density at radius 3 is 3.11 bits per heavy atom. The van der Waals surface area contributed by atoms with Crippen LogP contribution in [0.5, 0.6) is 0 Å². The van der Waals surface area contributed by atoms with Gasteiger partial charge in [0.1, 0.15) is 13.2 Å². The molecule has 52 valence electrons.